The number of aromatic nitrogens is 1. The van der Waals surface area contributed by atoms with Crippen LogP contribution in [0.1, 0.15) is 41.5 Å². The van der Waals surface area contributed by atoms with Gasteiger partial charge in [0, 0.05) is 12.2 Å². The van der Waals surface area contributed by atoms with Crippen LogP contribution in [-0.4, -0.2) is 15.9 Å². The van der Waals surface area contributed by atoms with Crippen LogP contribution < -0.4 is 5.32 Å². The second kappa shape index (κ2) is 10.8. The molecule has 0 unspecified atom stereocenters. The van der Waals surface area contributed by atoms with E-state index in [4.69, 9.17) is 11.6 Å². The van der Waals surface area contributed by atoms with Crippen LogP contribution in [0.2, 0.25) is 5.02 Å². The first kappa shape index (κ1) is 19.0. The second-order valence-corrected chi connectivity index (χ2v) is 3.45. The summed E-state index contributed by atoms with van der Waals surface area (Å²) in [6, 6.07) is 1.46. The fourth-order valence-corrected chi connectivity index (χ4v) is 1.20. The van der Waals surface area contributed by atoms with Gasteiger partial charge in [-0.1, -0.05) is 39.3 Å². The molecule has 0 aliphatic rings. The van der Waals surface area contributed by atoms with E-state index in [1.54, 1.807) is 0 Å². The maximum atomic E-state index is 10.7. The molecular weight excluding hydrogens is 254 g/mol. The van der Waals surface area contributed by atoms with Gasteiger partial charge < -0.3 is 5.32 Å². The molecule has 0 saturated heterocycles. The number of pyridine rings is 1. The smallest absolute Gasteiger partial charge is 0.329 e. The summed E-state index contributed by atoms with van der Waals surface area (Å²) in [6.45, 7) is 11.7. The van der Waals surface area contributed by atoms with Crippen molar-refractivity contribution >= 4 is 23.1 Å². The van der Waals surface area contributed by atoms with E-state index in [2.05, 4.69) is 10.3 Å². The quantitative estimate of drug-likeness (QED) is 0.651. The Morgan fingerprint density at radius 2 is 1.83 bits per heavy atom. The number of nitrogens with zero attached hydrogens (tertiary/aromatic N) is 2. The molecule has 0 amide bonds. The van der Waals surface area contributed by atoms with E-state index in [0.29, 0.717) is 0 Å². The number of nitrogens with one attached hydrogen (secondary N) is 1. The second-order valence-electron chi connectivity index (χ2n) is 3.05. The lowest BCUT2D eigenvalue weighted by Crippen LogP contribution is -2.12. The van der Waals surface area contributed by atoms with Gasteiger partial charge in [0.25, 0.3) is 0 Å². The minimum atomic E-state index is -0.542. The molecule has 5 nitrogen and oxygen atoms in total. The Balaban J connectivity index is 0. The van der Waals surface area contributed by atoms with E-state index in [-0.39, 0.29) is 22.6 Å². The predicted octanol–water partition coefficient (Wildman–Crippen LogP) is 4.52. The molecule has 0 bridgehead atoms. The standard InChI is InChI=1S/C8H10ClN3O2.2C2H6/c1-5(2)11-8-7(12(13)14)6(9)3-4-10-8;2*1-2/h3-5H,1-2H3,(H,10,11);2*1-2H3. The zero-order chi connectivity index (χ0) is 14.7. The minimum Gasteiger partial charge on any atom is -0.362 e. The summed E-state index contributed by atoms with van der Waals surface area (Å²) in [7, 11) is 0. The van der Waals surface area contributed by atoms with Crippen LogP contribution in [0.25, 0.3) is 0 Å². The molecule has 1 N–H and O–H groups in total. The van der Waals surface area contributed by atoms with Gasteiger partial charge in [-0.25, -0.2) is 4.98 Å². The number of rotatable bonds is 3. The first-order chi connectivity index (χ1) is 8.52. The van der Waals surface area contributed by atoms with Crippen LogP contribution >= 0.6 is 11.6 Å². The Bertz CT molecular complexity index is 357. The van der Waals surface area contributed by atoms with Crippen molar-refractivity contribution in [3.63, 3.8) is 0 Å². The van der Waals surface area contributed by atoms with Crippen LogP contribution in [0.4, 0.5) is 11.5 Å². The third-order valence-corrected chi connectivity index (χ3v) is 1.79. The lowest BCUT2D eigenvalue weighted by Gasteiger charge is -2.09. The highest BCUT2D eigenvalue weighted by Crippen LogP contribution is 2.30. The number of anilines is 1. The molecule has 0 aliphatic carbocycles. The molecular formula is C12H22ClN3O2. The van der Waals surface area contributed by atoms with Gasteiger partial charge in [-0.15, -0.1) is 0 Å². The Morgan fingerprint density at radius 1 is 1.33 bits per heavy atom. The van der Waals surface area contributed by atoms with Crippen LogP contribution in [-0.2, 0) is 0 Å². The highest BCUT2D eigenvalue weighted by molar-refractivity contribution is 6.33. The summed E-state index contributed by atoms with van der Waals surface area (Å²) < 4.78 is 0. The minimum absolute atomic E-state index is 0.0691. The number of hydrogen-bond acceptors (Lipinski definition) is 4. The monoisotopic (exact) mass is 275 g/mol. The Morgan fingerprint density at radius 3 is 2.22 bits per heavy atom. The topological polar surface area (TPSA) is 68.1 Å². The molecule has 104 valence electrons. The normalized spacial score (nSPS) is 8.67. The van der Waals surface area contributed by atoms with Crippen LogP contribution in [0.5, 0.6) is 0 Å². The Hall–Kier alpha value is -1.36. The molecule has 18 heavy (non-hydrogen) atoms. The molecule has 1 heterocycles. The zero-order valence-electron chi connectivity index (χ0n) is 11.8. The third kappa shape index (κ3) is 6.39. The maximum absolute atomic E-state index is 10.7. The Kier molecular flexibility index (Phi) is 11.4. The summed E-state index contributed by atoms with van der Waals surface area (Å²) in [5, 5.41) is 13.6. The van der Waals surface area contributed by atoms with Gasteiger partial charge in [0.2, 0.25) is 5.82 Å². The molecule has 0 aromatic carbocycles. The van der Waals surface area contributed by atoms with Crippen molar-refractivity contribution in [1.82, 2.24) is 4.98 Å². The Labute approximate surface area is 114 Å². The SMILES string of the molecule is CC.CC.CC(C)Nc1nccc(Cl)c1[N+](=O)[O-]. The van der Waals surface area contributed by atoms with Crippen molar-refractivity contribution in [3.8, 4) is 0 Å². The van der Waals surface area contributed by atoms with E-state index in [1.807, 2.05) is 41.5 Å². The highest BCUT2D eigenvalue weighted by atomic mass is 35.5. The molecule has 0 atom stereocenters. The lowest BCUT2D eigenvalue weighted by atomic mass is 10.3. The number of hydrogen-bond donors (Lipinski definition) is 1. The predicted molar refractivity (Wildman–Crippen MR) is 77.4 cm³/mol. The summed E-state index contributed by atoms with van der Waals surface area (Å²) in [4.78, 5) is 14.0. The maximum Gasteiger partial charge on any atom is 0.329 e. The van der Waals surface area contributed by atoms with Gasteiger partial charge >= 0.3 is 5.69 Å². The van der Waals surface area contributed by atoms with Gasteiger partial charge in [-0.05, 0) is 19.9 Å². The lowest BCUT2D eigenvalue weighted by molar-refractivity contribution is -0.384. The molecule has 0 radical (unpaired) electrons. The van der Waals surface area contributed by atoms with E-state index in [1.165, 1.54) is 12.3 Å². The van der Waals surface area contributed by atoms with Crippen LogP contribution in [0.15, 0.2) is 12.3 Å². The van der Waals surface area contributed by atoms with E-state index < -0.39 is 4.92 Å². The van der Waals surface area contributed by atoms with Crippen molar-refractivity contribution in [2.24, 2.45) is 0 Å². The fraction of sp³-hybridized carbons (Fsp3) is 0.583. The largest absolute Gasteiger partial charge is 0.362 e. The van der Waals surface area contributed by atoms with Gasteiger partial charge in [0.15, 0.2) is 0 Å². The average molecular weight is 276 g/mol. The van der Waals surface area contributed by atoms with Gasteiger partial charge in [-0.2, -0.15) is 0 Å². The van der Waals surface area contributed by atoms with Gasteiger partial charge in [0.1, 0.15) is 5.02 Å². The molecule has 1 rings (SSSR count). The summed E-state index contributed by atoms with van der Waals surface area (Å²) in [5.41, 5.74) is -0.178. The summed E-state index contributed by atoms with van der Waals surface area (Å²) in [5.74, 6) is 0.206. The molecule has 0 aliphatic heterocycles. The zero-order valence-corrected chi connectivity index (χ0v) is 12.6. The molecule has 1 aromatic heterocycles. The number of nitro groups is 1. The van der Waals surface area contributed by atoms with Crippen molar-refractivity contribution < 1.29 is 4.92 Å². The van der Waals surface area contributed by atoms with Gasteiger partial charge in [-0.3, -0.25) is 10.1 Å². The van der Waals surface area contributed by atoms with Crippen molar-refractivity contribution in [1.29, 1.82) is 0 Å². The van der Waals surface area contributed by atoms with Crippen molar-refractivity contribution in [2.45, 2.75) is 47.6 Å². The molecule has 0 saturated carbocycles. The third-order valence-electron chi connectivity index (χ3n) is 1.48. The van der Waals surface area contributed by atoms with E-state index >= 15 is 0 Å². The summed E-state index contributed by atoms with van der Waals surface area (Å²) >= 11 is 5.69. The van der Waals surface area contributed by atoms with Gasteiger partial charge in [0.05, 0.1) is 4.92 Å². The van der Waals surface area contributed by atoms with E-state index in [0.717, 1.165) is 0 Å². The van der Waals surface area contributed by atoms with Crippen molar-refractivity contribution in [3.05, 3.63) is 27.4 Å². The van der Waals surface area contributed by atoms with Crippen molar-refractivity contribution in [2.75, 3.05) is 5.32 Å². The average Bonchev–Trinajstić information content (AvgIpc) is 2.33. The highest BCUT2D eigenvalue weighted by Gasteiger charge is 2.19. The molecule has 1 aromatic rings. The van der Waals surface area contributed by atoms with Crippen LogP contribution in [0, 0.1) is 10.1 Å². The first-order valence-corrected chi connectivity index (χ1v) is 6.45. The van der Waals surface area contributed by atoms with E-state index in [9.17, 15) is 10.1 Å². The molecule has 0 fully saturated rings. The summed E-state index contributed by atoms with van der Waals surface area (Å²) in [6.07, 6.45) is 1.43. The molecule has 6 heteroatoms. The first-order valence-electron chi connectivity index (χ1n) is 6.07. The van der Waals surface area contributed by atoms with Crippen LogP contribution in [0.3, 0.4) is 0 Å². The molecule has 0 spiro atoms. The fourth-order valence-electron chi connectivity index (χ4n) is 0.983. The number of halogens is 1.